The third-order valence-corrected chi connectivity index (χ3v) is 1.34. The average Bonchev–Trinajstić information content (AvgIpc) is 2.04. The van der Waals surface area contributed by atoms with Crippen molar-refractivity contribution in [3.8, 4) is 0 Å². The number of hydrogen-bond donors (Lipinski definition) is 0. The molecule has 0 unspecified atom stereocenters. The van der Waals surface area contributed by atoms with Crippen molar-refractivity contribution in [1.29, 1.82) is 0 Å². The molecule has 0 heterocycles. The molecule has 0 aromatic rings. The van der Waals surface area contributed by atoms with Crippen molar-refractivity contribution in [3.63, 3.8) is 0 Å². The van der Waals surface area contributed by atoms with Gasteiger partial charge in [-0.3, -0.25) is 10.1 Å². The summed E-state index contributed by atoms with van der Waals surface area (Å²) >= 11 is 0. The van der Waals surface area contributed by atoms with Crippen molar-refractivity contribution >= 4 is 5.94 Å². The lowest BCUT2D eigenvalue weighted by Crippen LogP contribution is -2.04. The largest absolute Gasteiger partial charge is 0.283 e. The Bertz CT molecular complexity index is 295. The number of rotatable bonds is 1. The molecule has 1 aliphatic carbocycles. The van der Waals surface area contributed by atoms with Gasteiger partial charge in [0.1, 0.15) is 11.5 Å². The topological polar surface area (TPSA) is 60.2 Å². The van der Waals surface area contributed by atoms with Crippen LogP contribution in [0, 0.1) is 10.1 Å². The first-order valence-electron chi connectivity index (χ1n) is 3.01. The standard InChI is InChI=1S/C7H5NO3/c9-5-6-3-1-2-4-7(6)8(10)11/h1-2,4H,3H2. The van der Waals surface area contributed by atoms with Crippen molar-refractivity contribution in [2.75, 3.05) is 0 Å². The van der Waals surface area contributed by atoms with Gasteiger partial charge in [-0.15, -0.1) is 0 Å². The molecule has 56 valence electrons. The Morgan fingerprint density at radius 1 is 1.64 bits per heavy atom. The minimum atomic E-state index is -0.580. The molecular formula is C7H5NO3. The lowest BCUT2D eigenvalue weighted by atomic mass is 10.1. The van der Waals surface area contributed by atoms with Gasteiger partial charge in [0.05, 0.1) is 4.92 Å². The Balaban J connectivity index is 3.06. The van der Waals surface area contributed by atoms with Crippen molar-refractivity contribution < 1.29 is 9.72 Å². The third-order valence-electron chi connectivity index (χ3n) is 1.34. The third kappa shape index (κ3) is 1.42. The second kappa shape index (κ2) is 2.94. The number of allylic oxidation sites excluding steroid dienone is 4. The molecule has 0 aromatic heterocycles. The van der Waals surface area contributed by atoms with Crippen LogP contribution < -0.4 is 0 Å². The fraction of sp³-hybridized carbons (Fsp3) is 0.143. The van der Waals surface area contributed by atoms with Crippen LogP contribution in [0.25, 0.3) is 0 Å². The van der Waals surface area contributed by atoms with Gasteiger partial charge in [-0.05, 0) is 0 Å². The van der Waals surface area contributed by atoms with E-state index in [9.17, 15) is 14.9 Å². The van der Waals surface area contributed by atoms with E-state index in [0.29, 0.717) is 6.42 Å². The van der Waals surface area contributed by atoms with Gasteiger partial charge in [0.2, 0.25) is 0 Å². The van der Waals surface area contributed by atoms with E-state index < -0.39 is 4.92 Å². The molecule has 0 aromatic carbocycles. The molecule has 1 aliphatic rings. The van der Waals surface area contributed by atoms with Gasteiger partial charge in [-0.1, -0.05) is 12.2 Å². The fourth-order valence-electron chi connectivity index (χ4n) is 0.815. The van der Waals surface area contributed by atoms with Crippen molar-refractivity contribution in [1.82, 2.24) is 0 Å². The van der Waals surface area contributed by atoms with Gasteiger partial charge in [-0.2, -0.15) is 0 Å². The van der Waals surface area contributed by atoms with E-state index in [2.05, 4.69) is 0 Å². The molecule has 11 heavy (non-hydrogen) atoms. The highest BCUT2D eigenvalue weighted by molar-refractivity contribution is 5.61. The van der Waals surface area contributed by atoms with Crippen LogP contribution in [0.4, 0.5) is 0 Å². The monoisotopic (exact) mass is 151 g/mol. The maximum absolute atomic E-state index is 10.2. The van der Waals surface area contributed by atoms with E-state index in [-0.39, 0.29) is 11.3 Å². The lowest BCUT2D eigenvalue weighted by molar-refractivity contribution is -0.420. The first-order valence-corrected chi connectivity index (χ1v) is 3.01. The number of carbonyl (C=O) groups excluding carboxylic acids is 1. The summed E-state index contributed by atoms with van der Waals surface area (Å²) in [6, 6.07) is 0. The second-order valence-electron chi connectivity index (χ2n) is 2.02. The van der Waals surface area contributed by atoms with Crippen molar-refractivity contribution in [2.45, 2.75) is 6.42 Å². The zero-order chi connectivity index (χ0) is 8.27. The van der Waals surface area contributed by atoms with E-state index in [0.717, 1.165) is 0 Å². The van der Waals surface area contributed by atoms with Gasteiger partial charge in [-0.25, -0.2) is 4.79 Å². The predicted octanol–water partition coefficient (Wildman–Crippen LogP) is 0.865. The van der Waals surface area contributed by atoms with Crippen LogP contribution >= 0.6 is 0 Å². The summed E-state index contributed by atoms with van der Waals surface area (Å²) in [5, 5.41) is 10.2. The summed E-state index contributed by atoms with van der Waals surface area (Å²) in [6.45, 7) is 0. The Hall–Kier alpha value is -1.67. The minimum absolute atomic E-state index is 0.109. The van der Waals surface area contributed by atoms with Gasteiger partial charge in [0.25, 0.3) is 5.70 Å². The quantitative estimate of drug-likeness (QED) is 0.317. The molecule has 0 bridgehead atoms. The maximum Gasteiger partial charge on any atom is 0.283 e. The zero-order valence-electron chi connectivity index (χ0n) is 5.61. The van der Waals surface area contributed by atoms with Gasteiger partial charge in [0, 0.05) is 12.5 Å². The zero-order valence-corrected chi connectivity index (χ0v) is 5.61. The average molecular weight is 151 g/mol. The Morgan fingerprint density at radius 3 is 2.82 bits per heavy atom. The molecule has 0 saturated heterocycles. The van der Waals surface area contributed by atoms with Gasteiger partial charge in [0.15, 0.2) is 0 Å². The normalized spacial score (nSPS) is 15.6. The fourth-order valence-corrected chi connectivity index (χ4v) is 0.815. The van der Waals surface area contributed by atoms with Crippen molar-refractivity contribution in [2.24, 2.45) is 0 Å². The lowest BCUT2D eigenvalue weighted by Gasteiger charge is -1.99. The summed E-state index contributed by atoms with van der Waals surface area (Å²) < 4.78 is 0. The highest BCUT2D eigenvalue weighted by Crippen LogP contribution is 2.16. The van der Waals surface area contributed by atoms with Crippen LogP contribution in [0.15, 0.2) is 29.5 Å². The van der Waals surface area contributed by atoms with Crippen LogP contribution in [0.1, 0.15) is 6.42 Å². The second-order valence-corrected chi connectivity index (χ2v) is 2.02. The van der Waals surface area contributed by atoms with Crippen LogP contribution in [0.3, 0.4) is 0 Å². The summed E-state index contributed by atoms with van der Waals surface area (Å²) in [4.78, 5) is 19.8. The number of nitrogens with zero attached hydrogens (tertiary/aromatic N) is 1. The Morgan fingerprint density at radius 2 is 2.36 bits per heavy atom. The highest BCUT2D eigenvalue weighted by atomic mass is 16.6. The van der Waals surface area contributed by atoms with E-state index in [1.807, 2.05) is 0 Å². The molecular weight excluding hydrogens is 146 g/mol. The van der Waals surface area contributed by atoms with E-state index in [1.54, 1.807) is 18.1 Å². The molecule has 0 atom stereocenters. The van der Waals surface area contributed by atoms with Crippen LogP contribution in [-0.2, 0) is 4.79 Å². The Kier molecular flexibility index (Phi) is 1.99. The molecule has 4 nitrogen and oxygen atoms in total. The van der Waals surface area contributed by atoms with Crippen LogP contribution in [0.5, 0.6) is 0 Å². The molecule has 4 heteroatoms. The first-order chi connectivity index (χ1) is 5.25. The number of nitro groups is 1. The van der Waals surface area contributed by atoms with Gasteiger partial charge >= 0.3 is 0 Å². The maximum atomic E-state index is 10.2. The number of hydrogen-bond acceptors (Lipinski definition) is 3. The predicted molar refractivity (Wildman–Crippen MR) is 38.0 cm³/mol. The first kappa shape index (κ1) is 7.44. The van der Waals surface area contributed by atoms with Crippen molar-refractivity contribution in [3.05, 3.63) is 39.6 Å². The molecule has 0 radical (unpaired) electrons. The Labute approximate surface area is 62.7 Å². The summed E-state index contributed by atoms with van der Waals surface area (Å²) in [7, 11) is 0. The van der Waals surface area contributed by atoms with Gasteiger partial charge < -0.3 is 0 Å². The molecule has 0 amide bonds. The van der Waals surface area contributed by atoms with E-state index in [4.69, 9.17) is 0 Å². The molecule has 0 aliphatic heterocycles. The molecule has 0 saturated carbocycles. The SMILES string of the molecule is O=C=C1CC=CC=C1[N+](=O)[O-]. The summed E-state index contributed by atoms with van der Waals surface area (Å²) in [6.07, 6.45) is 4.83. The molecule has 0 fully saturated rings. The van der Waals surface area contributed by atoms with Crippen LogP contribution in [0.2, 0.25) is 0 Å². The van der Waals surface area contributed by atoms with Crippen LogP contribution in [-0.4, -0.2) is 10.9 Å². The summed E-state index contributed by atoms with van der Waals surface area (Å²) in [5.41, 5.74) is -0.0417. The highest BCUT2D eigenvalue weighted by Gasteiger charge is 2.18. The van der Waals surface area contributed by atoms with E-state index >= 15 is 0 Å². The molecule has 1 rings (SSSR count). The summed E-state index contributed by atoms with van der Waals surface area (Å²) in [5.74, 6) is 1.54. The molecule has 0 spiro atoms. The van der Waals surface area contributed by atoms with E-state index in [1.165, 1.54) is 6.08 Å². The molecule has 0 N–H and O–H groups in total. The smallest absolute Gasteiger partial charge is 0.258 e. The minimum Gasteiger partial charge on any atom is -0.258 e.